The van der Waals surface area contributed by atoms with Crippen molar-refractivity contribution in [1.82, 2.24) is 5.32 Å². The third-order valence-corrected chi connectivity index (χ3v) is 3.64. The van der Waals surface area contributed by atoms with E-state index < -0.39 is 6.10 Å². The van der Waals surface area contributed by atoms with E-state index in [1.165, 1.54) is 0 Å². The summed E-state index contributed by atoms with van der Waals surface area (Å²) in [5, 5.41) is 2.59. The van der Waals surface area contributed by atoms with Crippen molar-refractivity contribution < 1.29 is 23.8 Å². The number of carbonyl (C=O) groups excluding carboxylic acids is 2. The van der Waals surface area contributed by atoms with Gasteiger partial charge in [-0.2, -0.15) is 0 Å². The van der Waals surface area contributed by atoms with Gasteiger partial charge in [0.05, 0.1) is 13.7 Å². The Bertz CT molecular complexity index is 741. The van der Waals surface area contributed by atoms with Gasteiger partial charge in [0.1, 0.15) is 12.4 Å². The zero-order valence-corrected chi connectivity index (χ0v) is 13.2. The lowest BCUT2D eigenvalue weighted by atomic mass is 10.1. The Labute approximate surface area is 139 Å². The average Bonchev–Trinajstić information content (AvgIpc) is 2.65. The largest absolute Gasteiger partial charge is 0.497 e. The highest BCUT2D eigenvalue weighted by Crippen LogP contribution is 2.30. The summed E-state index contributed by atoms with van der Waals surface area (Å²) in [5.74, 6) is 1.22. The molecule has 0 aliphatic carbocycles. The highest BCUT2D eigenvalue weighted by atomic mass is 16.6. The number of amides is 1. The smallest absolute Gasteiger partial charge is 0.265 e. The SMILES string of the molecule is COc1ccc(C(=O)CNC(=O)C2COc3ccccc3O2)cc1. The highest BCUT2D eigenvalue weighted by Gasteiger charge is 2.27. The van der Waals surface area contributed by atoms with Crippen LogP contribution in [0.15, 0.2) is 48.5 Å². The minimum absolute atomic E-state index is 0.104. The summed E-state index contributed by atoms with van der Waals surface area (Å²) in [6.45, 7) is 0.00619. The molecule has 1 aliphatic heterocycles. The minimum atomic E-state index is -0.774. The van der Waals surface area contributed by atoms with Gasteiger partial charge in [0.2, 0.25) is 6.10 Å². The first kappa shape index (κ1) is 15.9. The summed E-state index contributed by atoms with van der Waals surface area (Å²) in [6, 6.07) is 13.8. The molecule has 1 aliphatic rings. The fraction of sp³-hybridized carbons (Fsp3) is 0.222. The quantitative estimate of drug-likeness (QED) is 0.848. The summed E-state index contributed by atoms with van der Waals surface area (Å²) >= 11 is 0. The average molecular weight is 327 g/mol. The van der Waals surface area contributed by atoms with Crippen molar-refractivity contribution in [3.05, 3.63) is 54.1 Å². The van der Waals surface area contributed by atoms with E-state index in [9.17, 15) is 9.59 Å². The number of Topliss-reactive ketones (excluding diaryl/α,β-unsaturated/α-hetero) is 1. The zero-order valence-electron chi connectivity index (χ0n) is 13.2. The van der Waals surface area contributed by atoms with Crippen LogP contribution in [0, 0.1) is 0 Å². The van der Waals surface area contributed by atoms with Gasteiger partial charge in [0.15, 0.2) is 17.3 Å². The number of ketones is 1. The second-order valence-electron chi connectivity index (χ2n) is 5.23. The first-order valence-electron chi connectivity index (χ1n) is 7.51. The molecule has 1 N–H and O–H groups in total. The van der Waals surface area contributed by atoms with Gasteiger partial charge < -0.3 is 19.5 Å². The van der Waals surface area contributed by atoms with Crippen molar-refractivity contribution in [2.75, 3.05) is 20.3 Å². The standard InChI is InChI=1S/C18H17NO5/c1-22-13-8-6-12(7-9-13)14(20)10-19-18(21)17-11-23-15-4-2-3-5-16(15)24-17/h2-9,17H,10-11H2,1H3,(H,19,21). The fourth-order valence-corrected chi connectivity index (χ4v) is 2.31. The molecule has 0 aromatic heterocycles. The lowest BCUT2D eigenvalue weighted by Gasteiger charge is -2.25. The van der Waals surface area contributed by atoms with Crippen LogP contribution in [-0.2, 0) is 4.79 Å². The molecule has 2 aromatic rings. The van der Waals surface area contributed by atoms with E-state index >= 15 is 0 Å². The number of methoxy groups -OCH3 is 1. The van der Waals surface area contributed by atoms with E-state index in [0.29, 0.717) is 22.8 Å². The number of fused-ring (bicyclic) bond motifs is 1. The number of nitrogens with one attached hydrogen (secondary N) is 1. The molecule has 124 valence electrons. The van der Waals surface area contributed by atoms with Gasteiger partial charge in [-0.1, -0.05) is 12.1 Å². The summed E-state index contributed by atoms with van der Waals surface area (Å²) in [4.78, 5) is 24.3. The van der Waals surface area contributed by atoms with Crippen molar-refractivity contribution in [2.24, 2.45) is 0 Å². The van der Waals surface area contributed by atoms with Crippen LogP contribution in [0.4, 0.5) is 0 Å². The van der Waals surface area contributed by atoms with Gasteiger partial charge >= 0.3 is 0 Å². The van der Waals surface area contributed by atoms with E-state index in [2.05, 4.69) is 5.32 Å². The number of carbonyl (C=O) groups is 2. The molecule has 1 unspecified atom stereocenters. The van der Waals surface area contributed by atoms with Gasteiger partial charge in [-0.05, 0) is 36.4 Å². The number of ether oxygens (including phenoxy) is 3. The van der Waals surface area contributed by atoms with Crippen LogP contribution < -0.4 is 19.5 Å². The zero-order chi connectivity index (χ0) is 16.9. The van der Waals surface area contributed by atoms with Crippen molar-refractivity contribution in [3.8, 4) is 17.2 Å². The lowest BCUT2D eigenvalue weighted by molar-refractivity contribution is -0.130. The molecule has 2 aromatic carbocycles. The van der Waals surface area contributed by atoms with E-state index in [4.69, 9.17) is 14.2 Å². The number of hydrogen-bond acceptors (Lipinski definition) is 5. The number of benzene rings is 2. The van der Waals surface area contributed by atoms with Crippen LogP contribution in [-0.4, -0.2) is 38.1 Å². The second kappa shape index (κ2) is 7.04. The summed E-state index contributed by atoms with van der Waals surface area (Å²) in [5.41, 5.74) is 0.502. The van der Waals surface area contributed by atoms with Gasteiger partial charge in [-0.15, -0.1) is 0 Å². The van der Waals surface area contributed by atoms with Crippen LogP contribution in [0.25, 0.3) is 0 Å². The molecular formula is C18H17NO5. The third-order valence-electron chi connectivity index (χ3n) is 3.64. The molecular weight excluding hydrogens is 310 g/mol. The topological polar surface area (TPSA) is 73.9 Å². The Kier molecular flexibility index (Phi) is 4.65. The molecule has 1 amide bonds. The maximum absolute atomic E-state index is 12.2. The predicted molar refractivity (Wildman–Crippen MR) is 86.7 cm³/mol. The lowest BCUT2D eigenvalue weighted by Crippen LogP contribution is -2.45. The van der Waals surface area contributed by atoms with Crippen LogP contribution in [0.2, 0.25) is 0 Å². The van der Waals surface area contributed by atoms with Gasteiger partial charge in [0, 0.05) is 5.56 Å². The summed E-state index contributed by atoms with van der Waals surface area (Å²) < 4.78 is 16.1. The number of hydrogen-bond donors (Lipinski definition) is 1. The van der Waals surface area contributed by atoms with Crippen LogP contribution >= 0.6 is 0 Å². The summed E-state index contributed by atoms with van der Waals surface area (Å²) in [6.07, 6.45) is -0.774. The van der Waals surface area contributed by atoms with Crippen LogP contribution in [0.1, 0.15) is 10.4 Å². The molecule has 0 radical (unpaired) electrons. The Morgan fingerprint density at radius 1 is 1.12 bits per heavy atom. The molecule has 0 saturated heterocycles. The van der Waals surface area contributed by atoms with E-state index in [1.807, 2.05) is 6.07 Å². The number of para-hydroxylation sites is 2. The van der Waals surface area contributed by atoms with E-state index in [0.717, 1.165) is 0 Å². The summed E-state index contributed by atoms with van der Waals surface area (Å²) in [7, 11) is 1.56. The second-order valence-corrected chi connectivity index (χ2v) is 5.23. The van der Waals surface area contributed by atoms with Gasteiger partial charge in [0.25, 0.3) is 5.91 Å². The van der Waals surface area contributed by atoms with E-state index in [1.54, 1.807) is 49.6 Å². The minimum Gasteiger partial charge on any atom is -0.497 e. The number of rotatable bonds is 5. The molecule has 0 fully saturated rings. The van der Waals surface area contributed by atoms with Crippen LogP contribution in [0.5, 0.6) is 17.2 Å². The molecule has 24 heavy (non-hydrogen) atoms. The van der Waals surface area contributed by atoms with Crippen molar-refractivity contribution in [1.29, 1.82) is 0 Å². The third kappa shape index (κ3) is 3.48. The van der Waals surface area contributed by atoms with Crippen LogP contribution in [0.3, 0.4) is 0 Å². The first-order chi connectivity index (χ1) is 11.7. The first-order valence-corrected chi connectivity index (χ1v) is 7.51. The highest BCUT2D eigenvalue weighted by molar-refractivity contribution is 5.99. The molecule has 1 atom stereocenters. The predicted octanol–water partition coefficient (Wildman–Crippen LogP) is 1.83. The van der Waals surface area contributed by atoms with Crippen molar-refractivity contribution in [2.45, 2.75) is 6.10 Å². The Balaban J connectivity index is 1.55. The van der Waals surface area contributed by atoms with E-state index in [-0.39, 0.29) is 24.8 Å². The molecule has 0 bridgehead atoms. The maximum atomic E-state index is 12.2. The Hall–Kier alpha value is -3.02. The van der Waals surface area contributed by atoms with Crippen molar-refractivity contribution in [3.63, 3.8) is 0 Å². The van der Waals surface area contributed by atoms with Crippen molar-refractivity contribution >= 4 is 11.7 Å². The molecule has 0 spiro atoms. The maximum Gasteiger partial charge on any atom is 0.265 e. The molecule has 0 saturated carbocycles. The van der Waals surface area contributed by atoms with Gasteiger partial charge in [-0.3, -0.25) is 9.59 Å². The fourth-order valence-electron chi connectivity index (χ4n) is 2.31. The monoisotopic (exact) mass is 327 g/mol. The molecule has 3 rings (SSSR count). The van der Waals surface area contributed by atoms with Gasteiger partial charge in [-0.25, -0.2) is 0 Å². The Morgan fingerprint density at radius 2 is 1.83 bits per heavy atom. The molecule has 1 heterocycles. The normalized spacial score (nSPS) is 15.5. The molecule has 6 heteroatoms. The molecule has 6 nitrogen and oxygen atoms in total. The Morgan fingerprint density at radius 3 is 2.54 bits per heavy atom.